The first-order chi connectivity index (χ1) is 5.24. The molecule has 1 nitrogen and oxygen atoms in total. The van der Waals surface area contributed by atoms with Crippen molar-refractivity contribution in [2.75, 3.05) is 6.67 Å². The maximum Gasteiger partial charge on any atom is 0.193 e. The summed E-state index contributed by atoms with van der Waals surface area (Å²) >= 11 is 0. The van der Waals surface area contributed by atoms with Crippen molar-refractivity contribution in [1.82, 2.24) is 0 Å². The Kier molecular flexibility index (Phi) is 2.31. The Morgan fingerprint density at radius 1 is 1.45 bits per heavy atom. The van der Waals surface area contributed by atoms with Gasteiger partial charge in [0.05, 0.1) is 0 Å². The Hall–Kier alpha value is -1.25. The van der Waals surface area contributed by atoms with E-state index in [4.69, 9.17) is 0 Å². The summed E-state index contributed by atoms with van der Waals surface area (Å²) < 4.78 is 24.1. The average Bonchev–Trinajstić information content (AvgIpc) is 2.03. The lowest BCUT2D eigenvalue weighted by atomic mass is 10.1. The normalized spacial score (nSPS) is 9.64. The Morgan fingerprint density at radius 3 is 2.73 bits per heavy atom. The van der Waals surface area contributed by atoms with Gasteiger partial charge in [-0.25, -0.2) is 8.78 Å². The predicted octanol–water partition coefficient (Wildman–Crippen LogP) is 1.98. The number of carbonyl (C=O) groups excluding carboxylic acids is 1. The summed E-state index contributed by atoms with van der Waals surface area (Å²) in [7, 11) is 0. The minimum Gasteiger partial charge on any atom is -0.291 e. The minimum absolute atomic E-state index is 0.0764. The molecular formula is C8H6F2O. The van der Waals surface area contributed by atoms with E-state index in [0.29, 0.717) is 0 Å². The van der Waals surface area contributed by atoms with Gasteiger partial charge in [0.2, 0.25) is 0 Å². The molecule has 0 aliphatic heterocycles. The number of hydrogen-bond acceptors (Lipinski definition) is 1. The number of halogens is 2. The maximum atomic E-state index is 12.4. The van der Waals surface area contributed by atoms with Crippen LogP contribution in [0, 0.1) is 5.82 Å². The van der Waals surface area contributed by atoms with Crippen molar-refractivity contribution in [3.8, 4) is 0 Å². The zero-order chi connectivity index (χ0) is 8.27. The Balaban J connectivity index is 2.96. The molecule has 58 valence electrons. The zero-order valence-corrected chi connectivity index (χ0v) is 5.68. The van der Waals surface area contributed by atoms with Crippen molar-refractivity contribution < 1.29 is 13.6 Å². The molecule has 11 heavy (non-hydrogen) atoms. The van der Waals surface area contributed by atoms with Crippen molar-refractivity contribution in [2.45, 2.75) is 0 Å². The zero-order valence-electron chi connectivity index (χ0n) is 5.68. The number of benzene rings is 1. The molecule has 0 saturated carbocycles. The van der Waals surface area contributed by atoms with Crippen LogP contribution >= 0.6 is 0 Å². The summed E-state index contributed by atoms with van der Waals surface area (Å²) in [5.41, 5.74) is 0.0764. The van der Waals surface area contributed by atoms with Gasteiger partial charge in [0.1, 0.15) is 5.82 Å². The largest absolute Gasteiger partial charge is 0.291 e. The molecule has 0 unspecified atom stereocenters. The standard InChI is InChI=1S/C8H6F2O/c9-5-8(11)6-2-1-3-7(10)4-6/h1-4H,5H2. The van der Waals surface area contributed by atoms with E-state index in [2.05, 4.69) is 0 Å². The summed E-state index contributed by atoms with van der Waals surface area (Å²) in [5, 5.41) is 0. The fourth-order valence-corrected chi connectivity index (χ4v) is 0.739. The molecule has 0 spiro atoms. The van der Waals surface area contributed by atoms with Crippen molar-refractivity contribution in [3.05, 3.63) is 35.6 Å². The predicted molar refractivity (Wildman–Crippen MR) is 36.7 cm³/mol. The van der Waals surface area contributed by atoms with Crippen LogP contribution in [0.2, 0.25) is 0 Å². The molecule has 0 aromatic heterocycles. The van der Waals surface area contributed by atoms with Crippen molar-refractivity contribution in [1.29, 1.82) is 0 Å². The van der Waals surface area contributed by atoms with Crippen molar-refractivity contribution >= 4 is 5.78 Å². The van der Waals surface area contributed by atoms with Gasteiger partial charge in [-0.1, -0.05) is 12.1 Å². The van der Waals surface area contributed by atoms with E-state index in [9.17, 15) is 13.6 Å². The number of rotatable bonds is 2. The quantitative estimate of drug-likeness (QED) is 0.598. The second kappa shape index (κ2) is 3.23. The molecule has 1 aromatic carbocycles. The van der Waals surface area contributed by atoms with Gasteiger partial charge in [0.15, 0.2) is 12.5 Å². The number of carbonyl (C=O) groups is 1. The Morgan fingerprint density at radius 2 is 2.18 bits per heavy atom. The van der Waals surface area contributed by atoms with Crippen LogP contribution in [0.3, 0.4) is 0 Å². The van der Waals surface area contributed by atoms with Gasteiger partial charge in [-0.05, 0) is 12.1 Å². The van der Waals surface area contributed by atoms with Gasteiger partial charge in [-0.3, -0.25) is 4.79 Å². The minimum atomic E-state index is -1.08. The number of hydrogen-bond donors (Lipinski definition) is 0. The Labute approximate surface area is 62.7 Å². The lowest BCUT2D eigenvalue weighted by Gasteiger charge is -1.94. The number of Topliss-reactive ketones (excluding diaryl/α,β-unsaturated/α-hetero) is 1. The summed E-state index contributed by atoms with van der Waals surface area (Å²) in [5.74, 6) is -1.21. The van der Waals surface area contributed by atoms with Crippen LogP contribution in [-0.2, 0) is 0 Å². The van der Waals surface area contributed by atoms with Crippen LogP contribution < -0.4 is 0 Å². The first kappa shape index (κ1) is 7.85. The highest BCUT2D eigenvalue weighted by Crippen LogP contribution is 2.04. The van der Waals surface area contributed by atoms with E-state index >= 15 is 0 Å². The molecule has 3 heteroatoms. The lowest BCUT2D eigenvalue weighted by Crippen LogP contribution is -2.00. The molecule has 0 fully saturated rings. The van der Waals surface area contributed by atoms with Crippen LogP contribution in [0.25, 0.3) is 0 Å². The number of ketones is 1. The highest BCUT2D eigenvalue weighted by atomic mass is 19.1. The van der Waals surface area contributed by atoms with Crippen LogP contribution in [0.4, 0.5) is 8.78 Å². The third-order valence-corrected chi connectivity index (χ3v) is 1.27. The van der Waals surface area contributed by atoms with Gasteiger partial charge >= 0.3 is 0 Å². The van der Waals surface area contributed by atoms with E-state index in [0.717, 1.165) is 6.07 Å². The van der Waals surface area contributed by atoms with Crippen LogP contribution in [0.5, 0.6) is 0 Å². The van der Waals surface area contributed by atoms with Gasteiger partial charge in [0, 0.05) is 5.56 Å². The lowest BCUT2D eigenvalue weighted by molar-refractivity contribution is 0.0958. The van der Waals surface area contributed by atoms with E-state index in [-0.39, 0.29) is 5.56 Å². The van der Waals surface area contributed by atoms with E-state index in [1.54, 1.807) is 0 Å². The third kappa shape index (κ3) is 1.83. The fourth-order valence-electron chi connectivity index (χ4n) is 0.739. The SMILES string of the molecule is O=C(CF)c1cccc(F)c1. The Bertz CT molecular complexity index is 271. The second-order valence-corrected chi connectivity index (χ2v) is 2.07. The van der Waals surface area contributed by atoms with E-state index < -0.39 is 18.3 Å². The highest BCUT2D eigenvalue weighted by molar-refractivity contribution is 5.96. The summed E-state index contributed by atoms with van der Waals surface area (Å²) in [4.78, 5) is 10.6. The molecule has 0 bridgehead atoms. The first-order valence-electron chi connectivity index (χ1n) is 3.09. The van der Waals surface area contributed by atoms with E-state index in [1.807, 2.05) is 0 Å². The van der Waals surface area contributed by atoms with Gasteiger partial charge in [-0.15, -0.1) is 0 Å². The summed E-state index contributed by atoms with van der Waals surface area (Å²) in [6.45, 7) is -1.08. The first-order valence-corrected chi connectivity index (χ1v) is 3.09. The molecule has 0 radical (unpaired) electrons. The molecule has 0 aliphatic rings. The molecule has 0 aliphatic carbocycles. The molecule has 0 saturated heterocycles. The third-order valence-electron chi connectivity index (χ3n) is 1.27. The maximum absolute atomic E-state index is 12.4. The second-order valence-electron chi connectivity index (χ2n) is 2.07. The molecular weight excluding hydrogens is 150 g/mol. The van der Waals surface area contributed by atoms with Crippen LogP contribution in [0.15, 0.2) is 24.3 Å². The smallest absolute Gasteiger partial charge is 0.193 e. The molecule has 0 amide bonds. The van der Waals surface area contributed by atoms with Gasteiger partial charge in [-0.2, -0.15) is 0 Å². The molecule has 0 N–H and O–H groups in total. The molecule has 0 heterocycles. The van der Waals surface area contributed by atoms with E-state index in [1.165, 1.54) is 18.2 Å². The molecule has 0 atom stereocenters. The number of alkyl halides is 1. The summed E-state index contributed by atoms with van der Waals surface area (Å²) in [6, 6.07) is 4.97. The topological polar surface area (TPSA) is 17.1 Å². The highest BCUT2D eigenvalue weighted by Gasteiger charge is 2.04. The molecule has 1 aromatic rings. The van der Waals surface area contributed by atoms with Gasteiger partial charge < -0.3 is 0 Å². The summed E-state index contributed by atoms with van der Waals surface area (Å²) in [6.07, 6.45) is 0. The molecule has 1 rings (SSSR count). The van der Waals surface area contributed by atoms with Crippen molar-refractivity contribution in [2.24, 2.45) is 0 Å². The monoisotopic (exact) mass is 156 g/mol. The van der Waals surface area contributed by atoms with Gasteiger partial charge in [0.25, 0.3) is 0 Å². The van der Waals surface area contributed by atoms with Crippen molar-refractivity contribution in [3.63, 3.8) is 0 Å². The van der Waals surface area contributed by atoms with Crippen LogP contribution in [-0.4, -0.2) is 12.5 Å². The fraction of sp³-hybridized carbons (Fsp3) is 0.125. The average molecular weight is 156 g/mol. The van der Waals surface area contributed by atoms with Crippen LogP contribution in [0.1, 0.15) is 10.4 Å².